The topological polar surface area (TPSA) is 29.3 Å². The molecule has 2 heterocycles. The summed E-state index contributed by atoms with van der Waals surface area (Å²) < 4.78 is 7.75. The van der Waals surface area contributed by atoms with E-state index < -0.39 is 0 Å². The van der Waals surface area contributed by atoms with E-state index in [1.54, 1.807) is 11.3 Å². The van der Waals surface area contributed by atoms with Crippen molar-refractivity contribution in [2.75, 3.05) is 4.90 Å². The van der Waals surface area contributed by atoms with Crippen molar-refractivity contribution in [3.8, 4) is 44.0 Å². The van der Waals surface area contributed by atoms with Crippen molar-refractivity contribution in [2.45, 2.75) is 0 Å². The molecule has 0 saturated carbocycles. The van der Waals surface area contributed by atoms with Crippen molar-refractivity contribution >= 4 is 60.6 Å². The van der Waals surface area contributed by atoms with Gasteiger partial charge in [-0.25, -0.2) is 4.98 Å². The van der Waals surface area contributed by atoms with Crippen LogP contribution in [0.1, 0.15) is 0 Å². The average molecular weight is 697 g/mol. The van der Waals surface area contributed by atoms with Crippen LogP contribution in [0.2, 0.25) is 0 Å². The Morgan fingerprint density at radius 2 is 0.925 bits per heavy atom. The fraction of sp³-hybridized carbons (Fsp3) is 0. The minimum absolute atomic E-state index is 0.846. The summed E-state index contributed by atoms with van der Waals surface area (Å²) in [5.41, 5.74) is 14.1. The Balaban J connectivity index is 1.07. The third-order valence-electron chi connectivity index (χ3n) is 9.92. The summed E-state index contributed by atoms with van der Waals surface area (Å²) in [6.45, 7) is 0. The van der Waals surface area contributed by atoms with Gasteiger partial charge in [0.05, 0.1) is 10.2 Å². The minimum Gasteiger partial charge on any atom is -0.456 e. The first-order valence-corrected chi connectivity index (χ1v) is 18.6. The fourth-order valence-electron chi connectivity index (χ4n) is 7.27. The second-order valence-electron chi connectivity index (χ2n) is 13.2. The largest absolute Gasteiger partial charge is 0.456 e. The number of furan rings is 1. The molecular formula is C49H32N2OS. The molecule has 0 fully saturated rings. The van der Waals surface area contributed by atoms with Gasteiger partial charge in [-0.2, -0.15) is 0 Å². The number of hydrogen-bond acceptors (Lipinski definition) is 4. The highest BCUT2D eigenvalue weighted by molar-refractivity contribution is 7.22. The highest BCUT2D eigenvalue weighted by Gasteiger charge is 2.19. The van der Waals surface area contributed by atoms with Crippen molar-refractivity contribution < 1.29 is 4.42 Å². The van der Waals surface area contributed by atoms with Gasteiger partial charge < -0.3 is 9.32 Å². The molecule has 0 radical (unpaired) electrons. The lowest BCUT2D eigenvalue weighted by Gasteiger charge is -2.26. The van der Waals surface area contributed by atoms with Gasteiger partial charge >= 0.3 is 0 Å². The van der Waals surface area contributed by atoms with Crippen LogP contribution in [0.25, 0.3) is 76.1 Å². The molecule has 8 aromatic carbocycles. The highest BCUT2D eigenvalue weighted by atomic mass is 32.1. The number of thiazole rings is 1. The molecule has 10 aromatic rings. The molecule has 4 heteroatoms. The number of fused-ring (bicyclic) bond motifs is 5. The average Bonchev–Trinajstić information content (AvgIpc) is 3.84. The molecule has 10 rings (SSSR count). The summed E-state index contributed by atoms with van der Waals surface area (Å²) in [7, 11) is 0. The van der Waals surface area contributed by atoms with Crippen molar-refractivity contribution in [1.29, 1.82) is 0 Å². The molecule has 0 unspecified atom stereocenters. The zero-order chi connectivity index (χ0) is 35.1. The predicted molar refractivity (Wildman–Crippen MR) is 223 cm³/mol. The Labute approximate surface area is 311 Å². The van der Waals surface area contributed by atoms with Crippen molar-refractivity contribution in [2.24, 2.45) is 0 Å². The predicted octanol–water partition coefficient (Wildman–Crippen LogP) is 14.3. The first-order valence-electron chi connectivity index (χ1n) is 17.8. The van der Waals surface area contributed by atoms with Crippen LogP contribution in [-0.4, -0.2) is 4.98 Å². The van der Waals surface area contributed by atoms with Crippen LogP contribution in [-0.2, 0) is 0 Å². The maximum Gasteiger partial charge on any atom is 0.137 e. The van der Waals surface area contributed by atoms with Crippen LogP contribution in [0.5, 0.6) is 0 Å². The second kappa shape index (κ2) is 13.1. The van der Waals surface area contributed by atoms with Gasteiger partial charge in [-0.1, -0.05) is 140 Å². The molecular weight excluding hydrogens is 665 g/mol. The van der Waals surface area contributed by atoms with Crippen LogP contribution in [0, 0.1) is 0 Å². The lowest BCUT2D eigenvalue weighted by Crippen LogP contribution is -2.10. The number of hydrogen-bond donors (Lipinski definition) is 0. The maximum atomic E-state index is 6.60. The number of anilines is 3. The van der Waals surface area contributed by atoms with E-state index in [1.807, 2.05) is 6.07 Å². The van der Waals surface area contributed by atoms with E-state index in [1.165, 1.54) is 27.8 Å². The Morgan fingerprint density at radius 3 is 1.58 bits per heavy atom. The summed E-state index contributed by atoms with van der Waals surface area (Å²) in [6, 6.07) is 68.6. The SMILES string of the molecule is c1ccc(-c2ccc(-c3ccc(N(c4cccc(-c5ccccc5)c4)c4ccc5c(c4)oc4ccc6nc(-c7ccccc7)sc6c45)cc3)cc2)cc1. The van der Waals surface area contributed by atoms with Gasteiger partial charge in [-0.3, -0.25) is 0 Å². The number of benzene rings is 8. The van der Waals surface area contributed by atoms with E-state index in [9.17, 15) is 0 Å². The van der Waals surface area contributed by atoms with Gasteiger partial charge in [0.15, 0.2) is 0 Å². The van der Waals surface area contributed by atoms with Crippen LogP contribution in [0.4, 0.5) is 17.1 Å². The van der Waals surface area contributed by atoms with Crippen molar-refractivity contribution in [1.82, 2.24) is 4.98 Å². The normalized spacial score (nSPS) is 11.4. The molecule has 0 amide bonds. The molecule has 0 aliphatic rings. The Bertz CT molecular complexity index is 2860. The minimum atomic E-state index is 0.846. The third-order valence-corrected chi connectivity index (χ3v) is 11.1. The van der Waals surface area contributed by atoms with E-state index in [0.717, 1.165) is 65.4 Å². The molecule has 2 aromatic heterocycles. The number of aromatic nitrogens is 1. The summed E-state index contributed by atoms with van der Waals surface area (Å²) in [5, 5.41) is 3.22. The van der Waals surface area contributed by atoms with E-state index in [2.05, 4.69) is 193 Å². The van der Waals surface area contributed by atoms with E-state index in [0.29, 0.717) is 0 Å². The van der Waals surface area contributed by atoms with Crippen LogP contribution in [0.15, 0.2) is 199 Å². The summed E-state index contributed by atoms with van der Waals surface area (Å²) in [4.78, 5) is 7.31. The van der Waals surface area contributed by atoms with Crippen LogP contribution < -0.4 is 4.90 Å². The molecule has 250 valence electrons. The van der Waals surface area contributed by atoms with E-state index >= 15 is 0 Å². The Hall–Kier alpha value is -6.75. The van der Waals surface area contributed by atoms with Crippen molar-refractivity contribution in [3.05, 3.63) is 194 Å². The van der Waals surface area contributed by atoms with E-state index in [4.69, 9.17) is 9.40 Å². The van der Waals surface area contributed by atoms with Crippen LogP contribution in [0.3, 0.4) is 0 Å². The molecule has 0 aliphatic heterocycles. The fourth-order valence-corrected chi connectivity index (χ4v) is 8.39. The van der Waals surface area contributed by atoms with Crippen LogP contribution >= 0.6 is 11.3 Å². The summed E-state index contributed by atoms with van der Waals surface area (Å²) in [5.74, 6) is 0. The van der Waals surface area contributed by atoms with Gasteiger partial charge in [0.2, 0.25) is 0 Å². The van der Waals surface area contributed by atoms with Gasteiger partial charge in [0.1, 0.15) is 16.2 Å². The number of rotatable bonds is 7. The molecule has 0 atom stereocenters. The zero-order valence-electron chi connectivity index (χ0n) is 28.7. The van der Waals surface area contributed by atoms with Gasteiger partial charge in [0.25, 0.3) is 0 Å². The quantitative estimate of drug-likeness (QED) is 0.166. The molecule has 0 N–H and O–H groups in total. The monoisotopic (exact) mass is 696 g/mol. The second-order valence-corrected chi connectivity index (χ2v) is 14.2. The van der Waals surface area contributed by atoms with E-state index in [-0.39, 0.29) is 0 Å². The standard InChI is InChI=1S/C49H32N2OS/c1-4-11-33(12-5-1)35-19-21-36(22-20-35)37-23-25-40(26-24-37)51(41-18-10-17-39(31-41)34-13-6-2-7-14-34)42-27-28-43-46(32-42)52-45-30-29-44-48(47(43)45)53-49(50-44)38-15-8-3-9-16-38/h1-32H. The number of nitrogens with zero attached hydrogens (tertiary/aromatic N) is 2. The van der Waals surface area contributed by atoms with Crippen molar-refractivity contribution in [3.63, 3.8) is 0 Å². The molecule has 0 spiro atoms. The highest BCUT2D eigenvalue weighted by Crippen LogP contribution is 2.43. The van der Waals surface area contributed by atoms with Gasteiger partial charge in [-0.05, 0) is 81.9 Å². The van der Waals surface area contributed by atoms with Gasteiger partial charge in [-0.15, -0.1) is 11.3 Å². The Morgan fingerprint density at radius 1 is 0.396 bits per heavy atom. The third kappa shape index (κ3) is 5.76. The first kappa shape index (κ1) is 31.0. The Kier molecular flexibility index (Phi) is 7.67. The molecule has 53 heavy (non-hydrogen) atoms. The smallest absolute Gasteiger partial charge is 0.137 e. The molecule has 0 saturated heterocycles. The maximum absolute atomic E-state index is 6.60. The lowest BCUT2D eigenvalue weighted by atomic mass is 10.00. The first-order chi connectivity index (χ1) is 26.2. The zero-order valence-corrected chi connectivity index (χ0v) is 29.5. The lowest BCUT2D eigenvalue weighted by molar-refractivity contribution is 0.669. The molecule has 0 aliphatic carbocycles. The summed E-state index contributed by atoms with van der Waals surface area (Å²) >= 11 is 1.72. The molecule has 3 nitrogen and oxygen atoms in total. The molecule has 0 bridgehead atoms. The van der Waals surface area contributed by atoms with Gasteiger partial charge in [0, 0.05) is 39.5 Å². The summed E-state index contributed by atoms with van der Waals surface area (Å²) in [6.07, 6.45) is 0.